The Hall–Kier alpha value is -0.200. The van der Waals surface area contributed by atoms with E-state index >= 15 is 0 Å². The van der Waals surface area contributed by atoms with Gasteiger partial charge in [-0.15, -0.1) is 0 Å². The highest BCUT2D eigenvalue weighted by Gasteiger charge is 2.15. The third-order valence-electron chi connectivity index (χ3n) is 3.08. The molecule has 0 aliphatic carbocycles. The molecule has 0 fully saturated rings. The predicted octanol–water partition coefficient (Wildman–Crippen LogP) is 5.90. The van der Waals surface area contributed by atoms with Gasteiger partial charge >= 0.3 is 0 Å². The van der Waals surface area contributed by atoms with Gasteiger partial charge in [-0.1, -0.05) is 41.4 Å². The van der Waals surface area contributed by atoms with Crippen molar-refractivity contribution in [3.63, 3.8) is 0 Å². The number of hydrogen-bond acceptors (Lipinski definition) is 2. The van der Waals surface area contributed by atoms with E-state index < -0.39 is 0 Å². The average molecular weight is 466 g/mol. The number of halogens is 3. The van der Waals surface area contributed by atoms with Crippen LogP contribution in [0, 0.1) is 17.4 Å². The fraction of sp³-hybridized carbons (Fsp3) is 0.333. The number of aromatic nitrogens is 2. The minimum absolute atomic E-state index is 0.318. The van der Waals surface area contributed by atoms with Crippen LogP contribution in [0.2, 0.25) is 5.15 Å². The Morgan fingerprint density at radius 1 is 1.15 bits per heavy atom. The molecule has 1 aromatic heterocycles. The van der Waals surface area contributed by atoms with Crippen LogP contribution in [0.1, 0.15) is 36.6 Å². The van der Waals surface area contributed by atoms with Crippen LogP contribution in [0.4, 0.5) is 0 Å². The summed E-state index contributed by atoms with van der Waals surface area (Å²) in [6, 6.07) is 4.17. The summed E-state index contributed by atoms with van der Waals surface area (Å²) in [5, 5.41) is 0.525. The Labute approximate surface area is 146 Å². The first-order valence-electron chi connectivity index (χ1n) is 6.31. The zero-order chi connectivity index (χ0) is 15.0. The van der Waals surface area contributed by atoms with Crippen molar-refractivity contribution in [1.82, 2.24) is 9.97 Å². The first-order chi connectivity index (χ1) is 9.31. The van der Waals surface area contributed by atoms with Gasteiger partial charge in [-0.2, -0.15) is 0 Å². The van der Waals surface area contributed by atoms with Crippen molar-refractivity contribution in [1.29, 1.82) is 0 Å². The standard InChI is InChI=1S/C15H15BrClIN2/c1-7(2)13-12(18)14(17)20-15(19-13)10-5-8(3)11(16)9(4)6-10/h5-7H,1-4H3. The molecular formula is C15H15BrClIN2. The molecule has 0 bridgehead atoms. The van der Waals surface area contributed by atoms with E-state index in [9.17, 15) is 0 Å². The summed E-state index contributed by atoms with van der Waals surface area (Å²) in [4.78, 5) is 9.13. The molecule has 0 unspecified atom stereocenters. The molecule has 5 heteroatoms. The number of aryl methyl sites for hydroxylation is 2. The van der Waals surface area contributed by atoms with Gasteiger partial charge in [-0.05, 0) is 65.6 Å². The smallest absolute Gasteiger partial charge is 0.161 e. The molecule has 0 N–H and O–H groups in total. The zero-order valence-electron chi connectivity index (χ0n) is 11.8. The van der Waals surface area contributed by atoms with Crippen LogP contribution in [0.5, 0.6) is 0 Å². The Kier molecular flexibility index (Phi) is 5.08. The highest BCUT2D eigenvalue weighted by atomic mass is 127. The van der Waals surface area contributed by atoms with E-state index in [2.05, 4.69) is 83.3 Å². The summed E-state index contributed by atoms with van der Waals surface area (Å²) in [7, 11) is 0. The molecule has 2 rings (SSSR count). The largest absolute Gasteiger partial charge is 0.232 e. The van der Waals surface area contributed by atoms with Gasteiger partial charge < -0.3 is 0 Å². The second kappa shape index (κ2) is 6.28. The van der Waals surface area contributed by atoms with Crippen molar-refractivity contribution in [3.8, 4) is 11.4 Å². The van der Waals surface area contributed by atoms with Crippen molar-refractivity contribution < 1.29 is 0 Å². The van der Waals surface area contributed by atoms with E-state index in [1.165, 1.54) is 11.1 Å². The lowest BCUT2D eigenvalue weighted by atomic mass is 10.1. The number of rotatable bonds is 2. The summed E-state index contributed by atoms with van der Waals surface area (Å²) in [5.41, 5.74) is 4.34. The Morgan fingerprint density at radius 2 is 1.70 bits per heavy atom. The maximum Gasteiger partial charge on any atom is 0.161 e. The molecule has 0 spiro atoms. The van der Waals surface area contributed by atoms with Crippen LogP contribution in [0.15, 0.2) is 16.6 Å². The maximum atomic E-state index is 6.26. The third-order valence-corrected chi connectivity index (χ3v) is 5.98. The molecule has 20 heavy (non-hydrogen) atoms. The first kappa shape index (κ1) is 16.2. The molecule has 0 saturated carbocycles. The molecule has 0 radical (unpaired) electrons. The number of hydrogen-bond donors (Lipinski definition) is 0. The second-order valence-corrected chi connectivity index (χ2v) is 7.35. The summed E-state index contributed by atoms with van der Waals surface area (Å²) < 4.78 is 2.07. The predicted molar refractivity (Wildman–Crippen MR) is 96.5 cm³/mol. The van der Waals surface area contributed by atoms with E-state index in [1.54, 1.807) is 0 Å². The lowest BCUT2D eigenvalue weighted by molar-refractivity contribution is 0.808. The number of nitrogens with zero attached hydrogens (tertiary/aromatic N) is 2. The first-order valence-corrected chi connectivity index (χ1v) is 8.56. The van der Waals surface area contributed by atoms with Crippen LogP contribution in [-0.4, -0.2) is 9.97 Å². The van der Waals surface area contributed by atoms with E-state index in [-0.39, 0.29) is 0 Å². The van der Waals surface area contributed by atoms with Crippen LogP contribution < -0.4 is 0 Å². The van der Waals surface area contributed by atoms with E-state index in [4.69, 9.17) is 16.6 Å². The number of benzene rings is 1. The van der Waals surface area contributed by atoms with Gasteiger partial charge in [-0.3, -0.25) is 0 Å². The van der Waals surface area contributed by atoms with Gasteiger partial charge in [0.15, 0.2) is 5.82 Å². The van der Waals surface area contributed by atoms with Crippen molar-refractivity contribution in [3.05, 3.63) is 42.1 Å². The minimum atomic E-state index is 0.318. The molecule has 0 aliphatic heterocycles. The Balaban J connectivity index is 2.64. The van der Waals surface area contributed by atoms with Crippen LogP contribution >= 0.6 is 50.1 Å². The monoisotopic (exact) mass is 464 g/mol. The minimum Gasteiger partial charge on any atom is -0.232 e. The van der Waals surface area contributed by atoms with Crippen molar-refractivity contribution >= 4 is 50.1 Å². The summed E-state index contributed by atoms with van der Waals surface area (Å²) >= 11 is 12.0. The highest BCUT2D eigenvalue weighted by molar-refractivity contribution is 14.1. The molecule has 0 amide bonds. The van der Waals surface area contributed by atoms with Crippen molar-refractivity contribution in [2.24, 2.45) is 0 Å². The lowest BCUT2D eigenvalue weighted by Gasteiger charge is -2.12. The normalized spacial score (nSPS) is 11.2. The molecule has 2 nitrogen and oxygen atoms in total. The molecule has 106 valence electrons. The molecular weight excluding hydrogens is 450 g/mol. The van der Waals surface area contributed by atoms with Gasteiger partial charge in [0.2, 0.25) is 0 Å². The van der Waals surface area contributed by atoms with Crippen molar-refractivity contribution in [2.75, 3.05) is 0 Å². The van der Waals surface area contributed by atoms with Gasteiger partial charge in [0.05, 0.1) is 9.26 Å². The van der Waals surface area contributed by atoms with Gasteiger partial charge in [0, 0.05) is 10.0 Å². The fourth-order valence-corrected chi connectivity index (χ4v) is 3.29. The second-order valence-electron chi connectivity index (χ2n) is 5.12. The third kappa shape index (κ3) is 3.17. The van der Waals surface area contributed by atoms with E-state index in [1.807, 2.05) is 0 Å². The lowest BCUT2D eigenvalue weighted by Crippen LogP contribution is -2.03. The maximum absolute atomic E-state index is 6.26. The SMILES string of the molecule is Cc1cc(-c2nc(Cl)c(I)c(C(C)C)n2)cc(C)c1Br. The molecule has 0 atom stereocenters. The highest BCUT2D eigenvalue weighted by Crippen LogP contribution is 2.31. The van der Waals surface area contributed by atoms with Crippen LogP contribution in [-0.2, 0) is 0 Å². The van der Waals surface area contributed by atoms with Gasteiger partial charge in [0.1, 0.15) is 5.15 Å². The van der Waals surface area contributed by atoms with E-state index in [0.717, 1.165) is 19.3 Å². The Bertz CT molecular complexity index is 648. The summed E-state index contributed by atoms with van der Waals surface area (Å²) in [6.07, 6.45) is 0. The topological polar surface area (TPSA) is 25.8 Å². The average Bonchev–Trinajstić information content (AvgIpc) is 2.38. The van der Waals surface area contributed by atoms with Crippen molar-refractivity contribution in [2.45, 2.75) is 33.6 Å². The summed E-state index contributed by atoms with van der Waals surface area (Å²) in [6.45, 7) is 8.36. The molecule has 0 saturated heterocycles. The van der Waals surface area contributed by atoms with Crippen LogP contribution in [0.25, 0.3) is 11.4 Å². The summed E-state index contributed by atoms with van der Waals surface area (Å²) in [5.74, 6) is 1.01. The Morgan fingerprint density at radius 3 is 2.20 bits per heavy atom. The molecule has 2 aromatic rings. The van der Waals surface area contributed by atoms with Gasteiger partial charge in [-0.25, -0.2) is 9.97 Å². The molecule has 1 aromatic carbocycles. The molecule has 1 heterocycles. The molecule has 0 aliphatic rings. The van der Waals surface area contributed by atoms with Gasteiger partial charge in [0.25, 0.3) is 0 Å². The zero-order valence-corrected chi connectivity index (χ0v) is 16.3. The van der Waals surface area contributed by atoms with E-state index in [0.29, 0.717) is 16.9 Å². The fourth-order valence-electron chi connectivity index (χ4n) is 2.02. The quantitative estimate of drug-likeness (QED) is 0.407. The van der Waals surface area contributed by atoms with Crippen LogP contribution in [0.3, 0.4) is 0 Å².